The van der Waals surface area contributed by atoms with Crippen molar-refractivity contribution in [3.05, 3.63) is 59.4 Å². The van der Waals surface area contributed by atoms with Gasteiger partial charge in [-0.3, -0.25) is 0 Å². The Morgan fingerprint density at radius 1 is 1.07 bits per heavy atom. The van der Waals surface area contributed by atoms with Gasteiger partial charge in [-0.05, 0) is 49.7 Å². The maximum absolute atomic E-state index is 12.3. The number of aromatic amines is 1. The molecule has 8 heteroatoms. The molecule has 0 unspecified atom stereocenters. The van der Waals surface area contributed by atoms with E-state index in [-0.39, 0.29) is 5.75 Å². The molecule has 3 aromatic rings. The Morgan fingerprint density at radius 3 is 2.33 bits per heavy atom. The van der Waals surface area contributed by atoms with E-state index in [1.54, 1.807) is 30.3 Å². The van der Waals surface area contributed by atoms with Gasteiger partial charge in [0, 0.05) is 5.41 Å². The SMILES string of the molecule is COC(=O)c1ccc2nc(C(C)(C)c3ccc(OC(F)(F)F)cc3)[nH]c2c1. The molecule has 5 nitrogen and oxygen atoms in total. The number of ether oxygens (including phenoxy) is 2. The molecule has 0 spiro atoms. The fourth-order valence-corrected chi connectivity index (χ4v) is 2.76. The van der Waals surface area contributed by atoms with E-state index in [1.165, 1.54) is 19.2 Å². The fourth-order valence-electron chi connectivity index (χ4n) is 2.76. The molecule has 0 atom stereocenters. The number of carbonyl (C=O) groups excluding carboxylic acids is 1. The van der Waals surface area contributed by atoms with Crippen molar-refractivity contribution in [2.75, 3.05) is 7.11 Å². The van der Waals surface area contributed by atoms with Gasteiger partial charge in [0.25, 0.3) is 0 Å². The Balaban J connectivity index is 1.93. The van der Waals surface area contributed by atoms with Crippen LogP contribution in [0.1, 0.15) is 35.6 Å². The van der Waals surface area contributed by atoms with Crippen LogP contribution >= 0.6 is 0 Å². The zero-order valence-electron chi connectivity index (χ0n) is 14.8. The third kappa shape index (κ3) is 3.89. The first-order chi connectivity index (χ1) is 12.6. The number of methoxy groups -OCH3 is 1. The summed E-state index contributed by atoms with van der Waals surface area (Å²) in [4.78, 5) is 19.4. The van der Waals surface area contributed by atoms with E-state index in [4.69, 9.17) is 4.74 Å². The summed E-state index contributed by atoms with van der Waals surface area (Å²) in [7, 11) is 1.31. The lowest BCUT2D eigenvalue weighted by molar-refractivity contribution is -0.274. The van der Waals surface area contributed by atoms with Crippen LogP contribution in [0.15, 0.2) is 42.5 Å². The van der Waals surface area contributed by atoms with Crippen LogP contribution in [0.5, 0.6) is 5.75 Å². The molecular weight excluding hydrogens is 361 g/mol. The maximum Gasteiger partial charge on any atom is 0.573 e. The second-order valence-corrected chi connectivity index (χ2v) is 6.51. The summed E-state index contributed by atoms with van der Waals surface area (Å²) in [5.41, 5.74) is 1.87. The summed E-state index contributed by atoms with van der Waals surface area (Å²) in [6, 6.07) is 10.6. The number of benzene rings is 2. The number of aromatic nitrogens is 2. The number of nitrogens with one attached hydrogen (secondary N) is 1. The molecule has 2 aromatic carbocycles. The maximum atomic E-state index is 12.3. The Kier molecular flexibility index (Phi) is 4.59. The van der Waals surface area contributed by atoms with Gasteiger partial charge in [0.15, 0.2) is 0 Å². The summed E-state index contributed by atoms with van der Waals surface area (Å²) < 4.78 is 45.5. The van der Waals surface area contributed by atoms with Crippen molar-refractivity contribution >= 4 is 17.0 Å². The molecule has 0 saturated carbocycles. The number of halogens is 3. The molecule has 1 N–H and O–H groups in total. The van der Waals surface area contributed by atoms with Gasteiger partial charge >= 0.3 is 12.3 Å². The van der Waals surface area contributed by atoms with E-state index in [2.05, 4.69) is 14.7 Å². The van der Waals surface area contributed by atoms with Crippen LogP contribution in [-0.2, 0) is 10.2 Å². The molecule has 0 fully saturated rings. The molecule has 1 aromatic heterocycles. The molecule has 0 saturated heterocycles. The summed E-state index contributed by atoms with van der Waals surface area (Å²) in [5.74, 6) is -0.119. The van der Waals surface area contributed by atoms with Crippen LogP contribution in [0.25, 0.3) is 11.0 Å². The van der Waals surface area contributed by atoms with Crippen LogP contribution in [0.3, 0.4) is 0 Å². The van der Waals surface area contributed by atoms with Gasteiger partial charge in [0.05, 0.1) is 23.7 Å². The average Bonchev–Trinajstić information content (AvgIpc) is 3.04. The minimum atomic E-state index is -4.73. The highest BCUT2D eigenvalue weighted by atomic mass is 19.4. The van der Waals surface area contributed by atoms with Gasteiger partial charge < -0.3 is 14.5 Å². The van der Waals surface area contributed by atoms with E-state index in [9.17, 15) is 18.0 Å². The number of fused-ring (bicyclic) bond motifs is 1. The first-order valence-electron chi connectivity index (χ1n) is 8.05. The predicted octanol–water partition coefficient (Wildman–Crippen LogP) is 4.57. The first-order valence-corrected chi connectivity index (χ1v) is 8.05. The van der Waals surface area contributed by atoms with Gasteiger partial charge in [-0.2, -0.15) is 0 Å². The third-order valence-corrected chi connectivity index (χ3v) is 4.30. The number of rotatable bonds is 4. The first kappa shape index (κ1) is 18.8. The number of imidazole rings is 1. The van der Waals surface area contributed by atoms with E-state index in [0.717, 1.165) is 5.56 Å². The molecule has 0 aliphatic rings. The van der Waals surface area contributed by atoms with Crippen LogP contribution in [0, 0.1) is 0 Å². The van der Waals surface area contributed by atoms with Crippen molar-refractivity contribution in [1.29, 1.82) is 0 Å². The zero-order chi connectivity index (χ0) is 19.8. The number of H-pyrrole nitrogens is 1. The number of alkyl halides is 3. The van der Waals surface area contributed by atoms with Gasteiger partial charge in [-0.25, -0.2) is 9.78 Å². The van der Waals surface area contributed by atoms with Gasteiger partial charge in [0.2, 0.25) is 0 Å². The lowest BCUT2D eigenvalue weighted by Gasteiger charge is -2.23. The van der Waals surface area contributed by atoms with E-state index < -0.39 is 17.7 Å². The molecule has 0 aliphatic heterocycles. The van der Waals surface area contributed by atoms with Crippen LogP contribution in [-0.4, -0.2) is 29.4 Å². The molecule has 142 valence electrons. The second-order valence-electron chi connectivity index (χ2n) is 6.51. The average molecular weight is 378 g/mol. The molecule has 0 radical (unpaired) electrons. The number of esters is 1. The lowest BCUT2D eigenvalue weighted by atomic mass is 9.84. The number of carbonyl (C=O) groups is 1. The van der Waals surface area contributed by atoms with Gasteiger partial charge in [-0.15, -0.1) is 13.2 Å². The Hall–Kier alpha value is -3.03. The largest absolute Gasteiger partial charge is 0.573 e. The van der Waals surface area contributed by atoms with Crippen molar-refractivity contribution in [2.45, 2.75) is 25.6 Å². The monoisotopic (exact) mass is 378 g/mol. The van der Waals surface area contributed by atoms with E-state index >= 15 is 0 Å². The lowest BCUT2D eigenvalue weighted by Crippen LogP contribution is -2.21. The Morgan fingerprint density at radius 2 is 1.74 bits per heavy atom. The zero-order valence-corrected chi connectivity index (χ0v) is 14.8. The number of nitrogens with zero attached hydrogens (tertiary/aromatic N) is 1. The fraction of sp³-hybridized carbons (Fsp3) is 0.263. The van der Waals surface area contributed by atoms with E-state index in [1.807, 2.05) is 13.8 Å². The topological polar surface area (TPSA) is 64.2 Å². The van der Waals surface area contributed by atoms with Crippen molar-refractivity contribution in [1.82, 2.24) is 9.97 Å². The molecule has 0 bridgehead atoms. The minimum Gasteiger partial charge on any atom is -0.465 e. The Bertz CT molecular complexity index is 976. The smallest absolute Gasteiger partial charge is 0.465 e. The molecule has 27 heavy (non-hydrogen) atoms. The summed E-state index contributed by atoms with van der Waals surface area (Å²) in [5, 5.41) is 0. The molecule has 0 aliphatic carbocycles. The molecule has 3 rings (SSSR count). The third-order valence-electron chi connectivity index (χ3n) is 4.30. The second kappa shape index (κ2) is 6.61. The van der Waals surface area contributed by atoms with E-state index in [0.29, 0.717) is 22.4 Å². The summed E-state index contributed by atoms with van der Waals surface area (Å²) in [6.07, 6.45) is -4.73. The van der Waals surface area contributed by atoms with Crippen molar-refractivity contribution < 1.29 is 27.4 Å². The number of hydrogen-bond donors (Lipinski definition) is 1. The standard InChI is InChI=1S/C19H17F3N2O3/c1-18(2,12-5-7-13(8-6-12)27-19(20,21)22)17-23-14-9-4-11(16(25)26-3)10-15(14)24-17/h4-10H,1-3H3,(H,23,24). The highest BCUT2D eigenvalue weighted by molar-refractivity contribution is 5.93. The Labute approximate surface area is 153 Å². The molecular formula is C19H17F3N2O3. The molecule has 1 heterocycles. The highest BCUT2D eigenvalue weighted by Crippen LogP contribution is 2.33. The highest BCUT2D eigenvalue weighted by Gasteiger charge is 2.32. The predicted molar refractivity (Wildman–Crippen MR) is 92.7 cm³/mol. The summed E-state index contributed by atoms with van der Waals surface area (Å²) >= 11 is 0. The van der Waals surface area contributed by atoms with Crippen LogP contribution < -0.4 is 4.74 Å². The van der Waals surface area contributed by atoms with Crippen molar-refractivity contribution in [3.63, 3.8) is 0 Å². The minimum absolute atomic E-state index is 0.283. The van der Waals surface area contributed by atoms with Gasteiger partial charge in [0.1, 0.15) is 11.6 Å². The van der Waals surface area contributed by atoms with Crippen LogP contribution in [0.4, 0.5) is 13.2 Å². The van der Waals surface area contributed by atoms with Crippen molar-refractivity contribution in [3.8, 4) is 5.75 Å². The molecule has 0 amide bonds. The summed E-state index contributed by atoms with van der Waals surface area (Å²) in [6.45, 7) is 3.79. The quantitative estimate of drug-likeness (QED) is 0.676. The van der Waals surface area contributed by atoms with Crippen LogP contribution in [0.2, 0.25) is 0 Å². The normalized spacial score (nSPS) is 12.2. The van der Waals surface area contributed by atoms with Crippen molar-refractivity contribution in [2.24, 2.45) is 0 Å². The van der Waals surface area contributed by atoms with Gasteiger partial charge in [-0.1, -0.05) is 12.1 Å². The number of hydrogen-bond acceptors (Lipinski definition) is 4.